The van der Waals surface area contributed by atoms with Gasteiger partial charge in [0.15, 0.2) is 0 Å². The summed E-state index contributed by atoms with van der Waals surface area (Å²) in [7, 11) is 0. The summed E-state index contributed by atoms with van der Waals surface area (Å²) in [4.78, 5) is 2.82. The minimum absolute atomic E-state index is 0.281. The Hall–Kier alpha value is -0.600. The van der Waals surface area contributed by atoms with E-state index in [1.54, 1.807) is 0 Å². The summed E-state index contributed by atoms with van der Waals surface area (Å²) in [5, 5.41) is 3.48. The highest BCUT2D eigenvalue weighted by molar-refractivity contribution is 7.13. The molecular formula is C14H21NS. The Balaban J connectivity index is 1.86. The first-order chi connectivity index (χ1) is 7.55. The van der Waals surface area contributed by atoms with Crippen LogP contribution in [0, 0.1) is 0 Å². The molecule has 0 bridgehead atoms. The van der Waals surface area contributed by atoms with Gasteiger partial charge in [-0.1, -0.05) is 26.8 Å². The smallest absolute Gasteiger partial charge is 0.0270 e. The van der Waals surface area contributed by atoms with Crippen molar-refractivity contribution in [1.82, 2.24) is 5.32 Å². The van der Waals surface area contributed by atoms with Crippen molar-refractivity contribution in [2.45, 2.75) is 45.1 Å². The van der Waals surface area contributed by atoms with Crippen LogP contribution in [0.3, 0.4) is 0 Å². The second-order valence-electron chi connectivity index (χ2n) is 5.54. The Kier molecular flexibility index (Phi) is 3.50. The van der Waals surface area contributed by atoms with E-state index in [9.17, 15) is 0 Å². The molecule has 1 saturated carbocycles. The summed E-state index contributed by atoms with van der Waals surface area (Å²) in [6.07, 6.45) is 7.19. The third-order valence-electron chi connectivity index (χ3n) is 2.75. The van der Waals surface area contributed by atoms with E-state index in [0.29, 0.717) is 0 Å². The Labute approximate surface area is 103 Å². The number of hydrogen-bond acceptors (Lipinski definition) is 2. The van der Waals surface area contributed by atoms with Crippen LogP contribution >= 0.6 is 11.3 Å². The highest BCUT2D eigenvalue weighted by atomic mass is 32.1. The molecule has 16 heavy (non-hydrogen) atoms. The van der Waals surface area contributed by atoms with Crippen molar-refractivity contribution in [2.75, 3.05) is 6.54 Å². The molecule has 1 heterocycles. The van der Waals surface area contributed by atoms with E-state index in [1.165, 1.54) is 22.6 Å². The minimum atomic E-state index is 0.281. The molecular weight excluding hydrogens is 214 g/mol. The van der Waals surface area contributed by atoms with E-state index < -0.39 is 0 Å². The standard InChI is InChI=1S/C14H21NS/c1-14(2,3)13-9-8-12(16-13)5-4-10-15-11-6-7-11/h4-5,8-9,11,15H,6-7,10H2,1-3H3/b5-4+. The molecule has 0 amide bonds. The third kappa shape index (κ3) is 3.46. The van der Waals surface area contributed by atoms with Crippen molar-refractivity contribution in [1.29, 1.82) is 0 Å². The van der Waals surface area contributed by atoms with Gasteiger partial charge in [0.2, 0.25) is 0 Å². The molecule has 1 N–H and O–H groups in total. The highest BCUT2D eigenvalue weighted by Gasteiger charge is 2.19. The molecule has 1 aromatic heterocycles. The lowest BCUT2D eigenvalue weighted by atomic mass is 9.95. The lowest BCUT2D eigenvalue weighted by Crippen LogP contribution is -2.15. The van der Waals surface area contributed by atoms with E-state index in [0.717, 1.165) is 12.6 Å². The van der Waals surface area contributed by atoms with Crippen LogP contribution < -0.4 is 5.32 Å². The molecule has 0 saturated heterocycles. The van der Waals surface area contributed by atoms with Crippen molar-refractivity contribution >= 4 is 17.4 Å². The molecule has 0 aromatic carbocycles. The molecule has 0 spiro atoms. The van der Waals surface area contributed by atoms with Crippen LogP contribution in [0.4, 0.5) is 0 Å². The molecule has 1 aliphatic carbocycles. The molecule has 1 aromatic rings. The van der Waals surface area contributed by atoms with Gasteiger partial charge in [-0.15, -0.1) is 11.3 Å². The van der Waals surface area contributed by atoms with Gasteiger partial charge in [-0.3, -0.25) is 0 Å². The first kappa shape index (κ1) is 11.9. The quantitative estimate of drug-likeness (QED) is 0.837. The maximum Gasteiger partial charge on any atom is 0.0270 e. The maximum absolute atomic E-state index is 3.48. The van der Waals surface area contributed by atoms with Crippen LogP contribution in [0.25, 0.3) is 6.08 Å². The zero-order valence-electron chi connectivity index (χ0n) is 10.4. The third-order valence-corrected chi connectivity index (χ3v) is 4.23. The Morgan fingerprint density at radius 3 is 2.69 bits per heavy atom. The van der Waals surface area contributed by atoms with Gasteiger partial charge < -0.3 is 5.32 Å². The van der Waals surface area contributed by atoms with E-state index in [4.69, 9.17) is 0 Å². The molecule has 1 fully saturated rings. The summed E-state index contributed by atoms with van der Waals surface area (Å²) < 4.78 is 0. The predicted molar refractivity (Wildman–Crippen MR) is 73.1 cm³/mol. The van der Waals surface area contributed by atoms with Gasteiger partial charge in [0.25, 0.3) is 0 Å². The Morgan fingerprint density at radius 2 is 2.12 bits per heavy atom. The van der Waals surface area contributed by atoms with Crippen LogP contribution in [-0.2, 0) is 5.41 Å². The van der Waals surface area contributed by atoms with Gasteiger partial charge in [0, 0.05) is 22.3 Å². The lowest BCUT2D eigenvalue weighted by molar-refractivity contribution is 0.604. The first-order valence-corrected chi connectivity index (χ1v) is 6.87. The zero-order chi connectivity index (χ0) is 11.6. The van der Waals surface area contributed by atoms with Crippen molar-refractivity contribution in [3.63, 3.8) is 0 Å². The molecule has 2 heteroatoms. The van der Waals surface area contributed by atoms with Gasteiger partial charge in [-0.05, 0) is 36.5 Å². The minimum Gasteiger partial charge on any atom is -0.311 e. The SMILES string of the molecule is CC(C)(C)c1ccc(/C=C/CNC2CC2)s1. The van der Waals surface area contributed by atoms with E-state index in [2.05, 4.69) is 50.4 Å². The van der Waals surface area contributed by atoms with Crippen molar-refractivity contribution in [2.24, 2.45) is 0 Å². The van der Waals surface area contributed by atoms with Gasteiger partial charge in [0.1, 0.15) is 0 Å². The van der Waals surface area contributed by atoms with Crippen molar-refractivity contribution in [3.8, 4) is 0 Å². The molecule has 0 radical (unpaired) electrons. The normalized spacial score (nSPS) is 17.2. The first-order valence-electron chi connectivity index (χ1n) is 6.06. The Bertz CT molecular complexity index is 366. The maximum atomic E-state index is 3.48. The largest absolute Gasteiger partial charge is 0.311 e. The second kappa shape index (κ2) is 4.72. The summed E-state index contributed by atoms with van der Waals surface area (Å²) in [5.74, 6) is 0. The zero-order valence-corrected chi connectivity index (χ0v) is 11.2. The number of hydrogen-bond donors (Lipinski definition) is 1. The van der Waals surface area contributed by atoms with Crippen LogP contribution in [0.1, 0.15) is 43.4 Å². The van der Waals surface area contributed by atoms with Crippen LogP contribution in [0.15, 0.2) is 18.2 Å². The van der Waals surface area contributed by atoms with E-state index in [-0.39, 0.29) is 5.41 Å². The topological polar surface area (TPSA) is 12.0 Å². The molecule has 2 rings (SSSR count). The number of thiophene rings is 1. The predicted octanol–water partition coefficient (Wildman–Crippen LogP) is 3.81. The molecule has 88 valence electrons. The van der Waals surface area contributed by atoms with E-state index in [1.807, 2.05) is 11.3 Å². The average Bonchev–Trinajstić information content (AvgIpc) is 2.88. The van der Waals surface area contributed by atoms with Crippen molar-refractivity contribution in [3.05, 3.63) is 28.0 Å². The highest BCUT2D eigenvalue weighted by Crippen LogP contribution is 2.29. The number of nitrogens with one attached hydrogen (secondary N) is 1. The van der Waals surface area contributed by atoms with Gasteiger partial charge in [-0.25, -0.2) is 0 Å². The van der Waals surface area contributed by atoms with Crippen LogP contribution in [0.5, 0.6) is 0 Å². The Morgan fingerprint density at radius 1 is 1.38 bits per heavy atom. The fourth-order valence-corrected chi connectivity index (χ4v) is 2.54. The molecule has 0 atom stereocenters. The summed E-state index contributed by atoms with van der Waals surface area (Å²) >= 11 is 1.90. The van der Waals surface area contributed by atoms with Gasteiger partial charge in [-0.2, -0.15) is 0 Å². The fraction of sp³-hybridized carbons (Fsp3) is 0.571. The van der Waals surface area contributed by atoms with Crippen molar-refractivity contribution < 1.29 is 0 Å². The second-order valence-corrected chi connectivity index (χ2v) is 6.65. The fourth-order valence-electron chi connectivity index (χ4n) is 1.54. The summed E-state index contributed by atoms with van der Waals surface area (Å²) in [5.41, 5.74) is 0.281. The number of rotatable bonds is 4. The van der Waals surface area contributed by atoms with Gasteiger partial charge >= 0.3 is 0 Å². The molecule has 1 aliphatic rings. The summed E-state index contributed by atoms with van der Waals surface area (Å²) in [6, 6.07) is 5.27. The molecule has 0 aliphatic heterocycles. The van der Waals surface area contributed by atoms with Gasteiger partial charge in [0.05, 0.1) is 0 Å². The van der Waals surface area contributed by atoms with E-state index >= 15 is 0 Å². The van der Waals surface area contributed by atoms with Crippen LogP contribution in [0.2, 0.25) is 0 Å². The summed E-state index contributed by atoms with van der Waals surface area (Å²) in [6.45, 7) is 7.80. The monoisotopic (exact) mass is 235 g/mol. The average molecular weight is 235 g/mol. The lowest BCUT2D eigenvalue weighted by Gasteiger charge is -2.15. The molecule has 0 unspecified atom stereocenters. The van der Waals surface area contributed by atoms with Crippen LogP contribution in [-0.4, -0.2) is 12.6 Å². The molecule has 1 nitrogen and oxygen atoms in total.